The van der Waals surface area contributed by atoms with Gasteiger partial charge in [0, 0.05) is 74.6 Å². The molecule has 0 amide bonds. The minimum atomic E-state index is 0.996. The molecule has 2 aliphatic rings. The number of nitrogens with zero attached hydrogens (tertiary/aromatic N) is 5. The Balaban J connectivity index is 1.63. The molecule has 0 N–H and O–H groups in total. The van der Waals surface area contributed by atoms with Gasteiger partial charge in [0.1, 0.15) is 0 Å². The summed E-state index contributed by atoms with van der Waals surface area (Å²) in [5.41, 5.74) is 4.87. The molecule has 4 heterocycles. The van der Waals surface area contributed by atoms with Gasteiger partial charge in [-0.1, -0.05) is 12.1 Å². The number of hydrogen-bond acceptors (Lipinski definition) is 5. The lowest BCUT2D eigenvalue weighted by Gasteiger charge is -2.33. The Hall–Kier alpha value is -1.82. The summed E-state index contributed by atoms with van der Waals surface area (Å²) in [4.78, 5) is 17.3. The van der Waals surface area contributed by atoms with Crippen LogP contribution in [0.4, 0.5) is 0 Å². The Kier molecular flexibility index (Phi) is 5.58. The molecule has 0 radical (unpaired) electrons. The van der Waals surface area contributed by atoms with Gasteiger partial charge in [0.15, 0.2) is 0 Å². The Morgan fingerprint density at radius 2 is 0.962 bits per heavy atom. The maximum atomic E-state index is 4.89. The first kappa shape index (κ1) is 17.6. The smallest absolute Gasteiger partial charge is 0.0515 e. The van der Waals surface area contributed by atoms with Crippen molar-refractivity contribution in [3.63, 3.8) is 0 Å². The van der Waals surface area contributed by atoms with Crippen LogP contribution in [0.2, 0.25) is 0 Å². The second-order valence-electron chi connectivity index (χ2n) is 7.62. The van der Waals surface area contributed by atoms with Crippen molar-refractivity contribution in [1.29, 1.82) is 0 Å². The average molecular weight is 351 g/mol. The lowest BCUT2D eigenvalue weighted by Crippen LogP contribution is -2.45. The number of hydrogen-bond donors (Lipinski definition) is 0. The summed E-state index contributed by atoms with van der Waals surface area (Å²) in [7, 11) is 2.24. The predicted octanol–water partition coefficient (Wildman–Crippen LogP) is 1.82. The number of aromatic nitrogens is 2. The normalized spacial score (nSPS) is 25.0. The number of fused-ring (bicyclic) bond motifs is 8. The summed E-state index contributed by atoms with van der Waals surface area (Å²) in [5, 5.41) is 0. The van der Waals surface area contributed by atoms with Gasteiger partial charge in [-0.25, -0.2) is 0 Å². The first-order valence-electron chi connectivity index (χ1n) is 9.77. The highest BCUT2D eigenvalue weighted by atomic mass is 15.4. The van der Waals surface area contributed by atoms with Gasteiger partial charge in [-0.3, -0.25) is 24.7 Å². The van der Waals surface area contributed by atoms with Crippen LogP contribution in [0.25, 0.3) is 0 Å². The molecule has 2 aliphatic heterocycles. The highest BCUT2D eigenvalue weighted by Gasteiger charge is 2.16. The maximum Gasteiger partial charge on any atom is 0.0515 e. The van der Waals surface area contributed by atoms with Crippen molar-refractivity contribution < 1.29 is 0 Å². The van der Waals surface area contributed by atoms with E-state index in [2.05, 4.69) is 58.1 Å². The summed E-state index contributed by atoms with van der Waals surface area (Å²) in [6.45, 7) is 6.16. The molecular weight excluding hydrogens is 322 g/mol. The summed E-state index contributed by atoms with van der Waals surface area (Å²) >= 11 is 0. The lowest BCUT2D eigenvalue weighted by molar-refractivity contribution is 0.0900. The molecule has 5 heteroatoms. The van der Waals surface area contributed by atoms with E-state index in [0.29, 0.717) is 0 Å². The summed E-state index contributed by atoms with van der Waals surface area (Å²) in [6.07, 6.45) is 4.05. The molecule has 0 aromatic carbocycles. The average Bonchev–Trinajstić information content (AvgIpc) is 2.65. The molecule has 5 nitrogen and oxygen atoms in total. The Bertz CT molecular complexity index is 624. The van der Waals surface area contributed by atoms with Gasteiger partial charge < -0.3 is 0 Å². The minimum absolute atomic E-state index is 0.996. The van der Waals surface area contributed by atoms with Crippen LogP contribution in [0.5, 0.6) is 0 Å². The zero-order chi connectivity index (χ0) is 17.8. The molecule has 0 saturated carbocycles. The fourth-order valence-corrected chi connectivity index (χ4v) is 3.94. The van der Waals surface area contributed by atoms with E-state index in [0.717, 1.165) is 65.2 Å². The van der Waals surface area contributed by atoms with Crippen LogP contribution in [0.15, 0.2) is 36.4 Å². The van der Waals surface area contributed by atoms with Crippen molar-refractivity contribution in [2.24, 2.45) is 0 Å². The quantitative estimate of drug-likeness (QED) is 0.724. The Morgan fingerprint density at radius 1 is 0.615 bits per heavy atom. The van der Waals surface area contributed by atoms with E-state index >= 15 is 0 Å². The van der Waals surface area contributed by atoms with E-state index in [4.69, 9.17) is 9.97 Å². The summed E-state index contributed by atoms with van der Waals surface area (Å²) in [6, 6.07) is 13.0. The zero-order valence-corrected chi connectivity index (χ0v) is 15.8. The molecule has 0 fully saturated rings. The van der Waals surface area contributed by atoms with E-state index in [1.807, 2.05) is 0 Å². The van der Waals surface area contributed by atoms with Crippen LogP contribution in [0, 0.1) is 0 Å². The second-order valence-corrected chi connectivity index (χ2v) is 7.62. The SMILES string of the molecule is CN1CN2CCc3cccc(n3)CCN(CCc3cccc(n3)CC2)C1. The standard InChI is InChI=1S/C21H29N5/c1-24-16-25-12-8-18-4-2-5-19(22-18)9-13-26(17-24)15-11-21-7-3-6-20(23-21)10-14-25/h2-7H,8-17H2,1H3. The van der Waals surface area contributed by atoms with Crippen LogP contribution in [-0.4, -0.2) is 71.2 Å². The van der Waals surface area contributed by atoms with Gasteiger partial charge in [0.05, 0.1) is 13.3 Å². The number of pyridine rings is 2. The molecule has 138 valence electrons. The minimum Gasteiger partial charge on any atom is -0.290 e. The van der Waals surface area contributed by atoms with Crippen molar-refractivity contribution in [3.8, 4) is 0 Å². The molecule has 0 aliphatic carbocycles. The number of rotatable bonds is 0. The molecule has 6 bridgehead atoms. The summed E-state index contributed by atoms with van der Waals surface area (Å²) < 4.78 is 0. The lowest BCUT2D eigenvalue weighted by atomic mass is 10.1. The van der Waals surface area contributed by atoms with Crippen molar-refractivity contribution in [2.45, 2.75) is 25.7 Å². The molecular formula is C21H29N5. The van der Waals surface area contributed by atoms with Crippen molar-refractivity contribution >= 4 is 0 Å². The van der Waals surface area contributed by atoms with Gasteiger partial charge >= 0.3 is 0 Å². The zero-order valence-electron chi connectivity index (χ0n) is 15.8. The van der Waals surface area contributed by atoms with Gasteiger partial charge in [-0.05, 0) is 31.3 Å². The van der Waals surface area contributed by atoms with E-state index < -0.39 is 0 Å². The third kappa shape index (κ3) is 4.67. The monoisotopic (exact) mass is 351 g/mol. The predicted molar refractivity (Wildman–Crippen MR) is 104 cm³/mol. The van der Waals surface area contributed by atoms with Gasteiger partial charge in [-0.15, -0.1) is 0 Å². The van der Waals surface area contributed by atoms with Gasteiger partial charge in [0.25, 0.3) is 0 Å². The molecule has 0 saturated heterocycles. The van der Waals surface area contributed by atoms with Crippen LogP contribution in [-0.2, 0) is 25.7 Å². The Labute approximate surface area is 156 Å². The molecule has 2 aromatic heterocycles. The van der Waals surface area contributed by atoms with Crippen molar-refractivity contribution in [2.75, 3.05) is 46.6 Å². The molecule has 0 spiro atoms. The highest BCUT2D eigenvalue weighted by molar-refractivity contribution is 5.14. The molecule has 26 heavy (non-hydrogen) atoms. The third-order valence-corrected chi connectivity index (χ3v) is 5.35. The summed E-state index contributed by atoms with van der Waals surface area (Å²) in [5.74, 6) is 0. The largest absolute Gasteiger partial charge is 0.290 e. The van der Waals surface area contributed by atoms with E-state index in [-0.39, 0.29) is 0 Å². The fraction of sp³-hybridized carbons (Fsp3) is 0.524. The second kappa shape index (κ2) is 8.25. The van der Waals surface area contributed by atoms with E-state index in [1.54, 1.807) is 0 Å². The highest BCUT2D eigenvalue weighted by Crippen LogP contribution is 2.10. The third-order valence-electron chi connectivity index (χ3n) is 5.35. The molecule has 2 aromatic rings. The maximum absolute atomic E-state index is 4.89. The van der Waals surface area contributed by atoms with Crippen molar-refractivity contribution in [3.05, 3.63) is 59.2 Å². The molecule has 0 atom stereocenters. The van der Waals surface area contributed by atoms with Crippen LogP contribution in [0.1, 0.15) is 22.8 Å². The van der Waals surface area contributed by atoms with Gasteiger partial charge in [-0.2, -0.15) is 0 Å². The van der Waals surface area contributed by atoms with Gasteiger partial charge in [0.2, 0.25) is 0 Å². The van der Waals surface area contributed by atoms with E-state index in [1.165, 1.54) is 22.8 Å². The first-order chi connectivity index (χ1) is 12.7. The Morgan fingerprint density at radius 3 is 1.31 bits per heavy atom. The van der Waals surface area contributed by atoms with Crippen LogP contribution < -0.4 is 0 Å². The topological polar surface area (TPSA) is 35.5 Å². The molecule has 4 rings (SSSR count). The van der Waals surface area contributed by atoms with Crippen molar-refractivity contribution in [1.82, 2.24) is 24.7 Å². The van der Waals surface area contributed by atoms with Crippen LogP contribution in [0.3, 0.4) is 0 Å². The van der Waals surface area contributed by atoms with Crippen LogP contribution >= 0.6 is 0 Å². The first-order valence-corrected chi connectivity index (χ1v) is 9.77. The fourth-order valence-electron chi connectivity index (χ4n) is 3.94. The van der Waals surface area contributed by atoms with E-state index in [9.17, 15) is 0 Å². The molecule has 0 unspecified atom stereocenters.